The lowest BCUT2D eigenvalue weighted by Crippen LogP contribution is -2.33. The van der Waals surface area contributed by atoms with Crippen LogP contribution in [0.4, 0.5) is 13.2 Å². The van der Waals surface area contributed by atoms with Crippen LogP contribution in [0.2, 0.25) is 0 Å². The van der Waals surface area contributed by atoms with Crippen molar-refractivity contribution < 1.29 is 22.8 Å². The third-order valence-electron chi connectivity index (χ3n) is 3.02. The average molecular weight is 302 g/mol. The highest BCUT2D eigenvalue weighted by Crippen LogP contribution is 2.29. The number of alkyl halides is 3. The van der Waals surface area contributed by atoms with E-state index in [0.29, 0.717) is 31.5 Å². The standard InChI is InChI=1S/C14H17F3N2O2/c1-2-18(10-20)6-7-19(11-21)9-12-4-3-5-13(8-12)14(15,16)17/h3-5,8,10-11H,2,6-7,9H2,1H3. The van der Waals surface area contributed by atoms with Gasteiger partial charge in [-0.1, -0.05) is 12.1 Å². The van der Waals surface area contributed by atoms with Gasteiger partial charge in [0.05, 0.1) is 5.56 Å². The van der Waals surface area contributed by atoms with Crippen molar-refractivity contribution >= 4 is 12.8 Å². The molecule has 0 radical (unpaired) electrons. The molecule has 4 nitrogen and oxygen atoms in total. The molecule has 21 heavy (non-hydrogen) atoms. The van der Waals surface area contributed by atoms with Crippen LogP contribution in [-0.4, -0.2) is 42.3 Å². The molecule has 116 valence electrons. The summed E-state index contributed by atoms with van der Waals surface area (Å²) in [6.07, 6.45) is -3.16. The number of likely N-dealkylation sites (N-methyl/N-ethyl adjacent to an activating group) is 1. The fraction of sp³-hybridized carbons (Fsp3) is 0.429. The molecule has 0 N–H and O–H groups in total. The molecule has 0 aromatic heterocycles. The molecule has 2 amide bonds. The van der Waals surface area contributed by atoms with Crippen molar-refractivity contribution in [3.63, 3.8) is 0 Å². The summed E-state index contributed by atoms with van der Waals surface area (Å²) in [5, 5.41) is 0. The zero-order chi connectivity index (χ0) is 15.9. The quantitative estimate of drug-likeness (QED) is 0.690. The maximum Gasteiger partial charge on any atom is 0.416 e. The van der Waals surface area contributed by atoms with Crippen LogP contribution in [0.5, 0.6) is 0 Å². The van der Waals surface area contributed by atoms with Gasteiger partial charge in [0.15, 0.2) is 0 Å². The minimum atomic E-state index is -4.40. The van der Waals surface area contributed by atoms with Crippen LogP contribution in [0.25, 0.3) is 0 Å². The van der Waals surface area contributed by atoms with Crippen molar-refractivity contribution in [2.24, 2.45) is 0 Å². The smallest absolute Gasteiger partial charge is 0.344 e. The number of nitrogens with zero attached hydrogens (tertiary/aromatic N) is 2. The summed E-state index contributed by atoms with van der Waals surface area (Å²) in [6, 6.07) is 4.85. The number of halogens is 3. The van der Waals surface area contributed by atoms with Gasteiger partial charge in [0.25, 0.3) is 0 Å². The van der Waals surface area contributed by atoms with Gasteiger partial charge in [-0.2, -0.15) is 13.2 Å². The van der Waals surface area contributed by atoms with Crippen LogP contribution >= 0.6 is 0 Å². The normalized spacial score (nSPS) is 11.0. The van der Waals surface area contributed by atoms with Crippen LogP contribution in [0.3, 0.4) is 0 Å². The molecule has 0 bridgehead atoms. The molecule has 1 aromatic rings. The van der Waals surface area contributed by atoms with Gasteiger partial charge in [-0.05, 0) is 24.6 Å². The summed E-state index contributed by atoms with van der Waals surface area (Å²) in [4.78, 5) is 24.4. The van der Waals surface area contributed by atoms with E-state index in [1.165, 1.54) is 21.9 Å². The van der Waals surface area contributed by atoms with Crippen molar-refractivity contribution in [2.45, 2.75) is 19.6 Å². The Bertz CT molecular complexity index is 478. The summed E-state index contributed by atoms with van der Waals surface area (Å²) < 4.78 is 37.8. The minimum Gasteiger partial charge on any atom is -0.344 e. The Balaban J connectivity index is 2.69. The van der Waals surface area contributed by atoms with Crippen LogP contribution in [-0.2, 0) is 22.3 Å². The molecule has 0 aliphatic carbocycles. The van der Waals surface area contributed by atoms with Gasteiger partial charge in [-0.15, -0.1) is 0 Å². The molecule has 0 spiro atoms. The Morgan fingerprint density at radius 3 is 2.24 bits per heavy atom. The Morgan fingerprint density at radius 1 is 1.10 bits per heavy atom. The molecule has 0 fully saturated rings. The lowest BCUT2D eigenvalue weighted by Gasteiger charge is -2.22. The fourth-order valence-corrected chi connectivity index (χ4v) is 1.79. The van der Waals surface area contributed by atoms with E-state index >= 15 is 0 Å². The number of rotatable bonds is 8. The lowest BCUT2D eigenvalue weighted by molar-refractivity contribution is -0.137. The van der Waals surface area contributed by atoms with Gasteiger partial charge in [-0.25, -0.2) is 0 Å². The van der Waals surface area contributed by atoms with Gasteiger partial charge < -0.3 is 9.80 Å². The van der Waals surface area contributed by atoms with Gasteiger partial charge in [-0.3, -0.25) is 9.59 Å². The molecule has 0 aliphatic rings. The van der Waals surface area contributed by atoms with E-state index in [1.54, 1.807) is 6.92 Å². The van der Waals surface area contributed by atoms with Crippen LogP contribution < -0.4 is 0 Å². The summed E-state index contributed by atoms with van der Waals surface area (Å²) in [6.45, 7) is 3.00. The molecule has 0 aliphatic heterocycles. The second-order valence-corrected chi connectivity index (χ2v) is 4.51. The van der Waals surface area contributed by atoms with Crippen molar-refractivity contribution in [3.05, 3.63) is 35.4 Å². The molecule has 0 saturated carbocycles. The zero-order valence-corrected chi connectivity index (χ0v) is 11.6. The maximum absolute atomic E-state index is 12.6. The lowest BCUT2D eigenvalue weighted by atomic mass is 10.1. The van der Waals surface area contributed by atoms with Crippen LogP contribution in [0, 0.1) is 0 Å². The monoisotopic (exact) mass is 302 g/mol. The van der Waals surface area contributed by atoms with Crippen LogP contribution in [0.15, 0.2) is 24.3 Å². The SMILES string of the molecule is CCN(C=O)CCN(C=O)Cc1cccc(C(F)(F)F)c1. The summed E-state index contributed by atoms with van der Waals surface area (Å²) in [7, 11) is 0. The highest BCUT2D eigenvalue weighted by molar-refractivity contribution is 5.49. The van der Waals surface area contributed by atoms with Gasteiger partial charge in [0.2, 0.25) is 12.8 Å². The number of amides is 2. The molecule has 0 heterocycles. The summed E-state index contributed by atoms with van der Waals surface area (Å²) >= 11 is 0. The molecule has 0 saturated heterocycles. The third-order valence-corrected chi connectivity index (χ3v) is 3.02. The molecule has 7 heteroatoms. The Hall–Kier alpha value is -2.05. The van der Waals surface area contributed by atoms with E-state index in [9.17, 15) is 22.8 Å². The van der Waals surface area contributed by atoms with Crippen molar-refractivity contribution in [3.8, 4) is 0 Å². The summed E-state index contributed by atoms with van der Waals surface area (Å²) in [5.74, 6) is 0. The predicted molar refractivity (Wildman–Crippen MR) is 71.2 cm³/mol. The van der Waals surface area contributed by atoms with E-state index < -0.39 is 11.7 Å². The van der Waals surface area contributed by atoms with Gasteiger partial charge in [0.1, 0.15) is 0 Å². The topological polar surface area (TPSA) is 40.6 Å². The molecule has 0 unspecified atom stereocenters. The zero-order valence-electron chi connectivity index (χ0n) is 11.6. The predicted octanol–water partition coefficient (Wildman–Crippen LogP) is 2.14. The number of hydrogen-bond donors (Lipinski definition) is 0. The summed E-state index contributed by atoms with van der Waals surface area (Å²) in [5.41, 5.74) is -0.347. The average Bonchev–Trinajstić information content (AvgIpc) is 2.46. The van der Waals surface area contributed by atoms with E-state index in [4.69, 9.17) is 0 Å². The molecular weight excluding hydrogens is 285 g/mol. The Labute approximate surface area is 121 Å². The molecule has 1 rings (SSSR count). The molecule has 0 atom stereocenters. The minimum absolute atomic E-state index is 0.0732. The highest BCUT2D eigenvalue weighted by atomic mass is 19.4. The largest absolute Gasteiger partial charge is 0.416 e. The number of hydrogen-bond acceptors (Lipinski definition) is 2. The van der Waals surface area contributed by atoms with Crippen molar-refractivity contribution in [1.82, 2.24) is 9.80 Å². The van der Waals surface area contributed by atoms with Crippen LogP contribution in [0.1, 0.15) is 18.1 Å². The molecule has 1 aromatic carbocycles. The number of benzene rings is 1. The maximum atomic E-state index is 12.6. The van der Waals surface area contributed by atoms with E-state index in [1.807, 2.05) is 0 Å². The van der Waals surface area contributed by atoms with E-state index in [0.717, 1.165) is 12.1 Å². The van der Waals surface area contributed by atoms with Crippen molar-refractivity contribution in [2.75, 3.05) is 19.6 Å². The Kier molecular flexibility index (Phi) is 6.20. The first-order valence-electron chi connectivity index (χ1n) is 6.45. The third kappa shape index (κ3) is 5.45. The first-order chi connectivity index (χ1) is 9.90. The number of carbonyl (C=O) groups excluding carboxylic acids is 2. The Morgan fingerprint density at radius 2 is 1.71 bits per heavy atom. The van der Waals surface area contributed by atoms with E-state index in [2.05, 4.69) is 0 Å². The number of carbonyl (C=O) groups is 2. The van der Waals surface area contributed by atoms with Crippen molar-refractivity contribution in [1.29, 1.82) is 0 Å². The first kappa shape index (κ1) is 17.0. The highest BCUT2D eigenvalue weighted by Gasteiger charge is 2.30. The second kappa shape index (κ2) is 7.66. The van der Waals surface area contributed by atoms with Gasteiger partial charge >= 0.3 is 6.18 Å². The first-order valence-corrected chi connectivity index (χ1v) is 6.45. The van der Waals surface area contributed by atoms with Gasteiger partial charge in [0, 0.05) is 26.2 Å². The van der Waals surface area contributed by atoms with E-state index in [-0.39, 0.29) is 13.1 Å². The molecular formula is C14H17F3N2O2. The second-order valence-electron chi connectivity index (χ2n) is 4.51. The fourth-order valence-electron chi connectivity index (χ4n) is 1.79.